The Bertz CT molecular complexity index is 5390. The van der Waals surface area contributed by atoms with Crippen molar-refractivity contribution in [3.8, 4) is 23.0 Å². The third-order valence-electron chi connectivity index (χ3n) is 24.6. The minimum Gasteiger partial charge on any atom is -0.507 e. The van der Waals surface area contributed by atoms with E-state index in [4.69, 9.17) is 14.2 Å². The van der Waals surface area contributed by atoms with Crippen molar-refractivity contribution < 1.29 is 43.3 Å². The molecule has 664 valence electrons. The Kier molecular flexibility index (Phi) is 32.2. The number of carbonyl (C=O) groups is 5. The molecular formula is C107H137N9O9. The first kappa shape index (κ1) is 94.4. The number of rotatable bonds is 14. The molecule has 125 heavy (non-hydrogen) atoms. The van der Waals surface area contributed by atoms with Crippen LogP contribution in [0.3, 0.4) is 0 Å². The van der Waals surface area contributed by atoms with Crippen LogP contribution in [0, 0.1) is 13.8 Å². The maximum atomic E-state index is 12.9. The molecule has 0 spiro atoms. The molecule has 0 saturated heterocycles. The number of ether oxygens (including phenoxy) is 3. The fraction of sp³-hybridized carbons (Fsp3) is 0.449. The molecule has 0 unspecified atom stereocenters. The molecule has 15 rings (SSSR count). The first-order valence-electron chi connectivity index (χ1n) is 45.6. The van der Waals surface area contributed by atoms with Crippen LogP contribution in [0.25, 0.3) is 0 Å². The quantitative estimate of drug-likeness (QED) is 0.0561. The van der Waals surface area contributed by atoms with E-state index in [1.165, 1.54) is 156 Å². The lowest BCUT2D eigenvalue weighted by Gasteiger charge is -2.21. The van der Waals surface area contributed by atoms with Crippen LogP contribution in [0.5, 0.6) is 23.0 Å². The number of aryl methyl sites for hydroxylation is 13. The molecule has 0 bridgehead atoms. The molecule has 8 aromatic carbocycles. The van der Waals surface area contributed by atoms with Crippen LogP contribution in [-0.2, 0) is 92.5 Å². The molecule has 6 N–H and O–H groups in total. The van der Waals surface area contributed by atoms with Gasteiger partial charge in [-0.2, -0.15) is 10.2 Å². The summed E-state index contributed by atoms with van der Waals surface area (Å²) in [5, 5.41) is 34.0. The molecule has 0 atom stereocenters. The highest BCUT2D eigenvalue weighted by atomic mass is 16.5. The zero-order valence-electron chi connectivity index (χ0n) is 77.8. The van der Waals surface area contributed by atoms with E-state index in [1.807, 2.05) is 133 Å². The van der Waals surface area contributed by atoms with Gasteiger partial charge in [0.15, 0.2) is 11.6 Å². The van der Waals surface area contributed by atoms with Gasteiger partial charge in [0.25, 0.3) is 29.5 Å². The highest BCUT2D eigenvalue weighted by molar-refractivity contribution is 6.09. The third kappa shape index (κ3) is 25.7. The van der Waals surface area contributed by atoms with Gasteiger partial charge in [-0.15, -0.1) is 0 Å². The highest BCUT2D eigenvalue weighted by Gasteiger charge is 2.27. The second-order valence-corrected chi connectivity index (χ2v) is 38.4. The zero-order chi connectivity index (χ0) is 89.9. The number of hydrogen-bond acceptors (Lipinski definition) is 11. The number of phenols is 1. The summed E-state index contributed by atoms with van der Waals surface area (Å²) < 4.78 is 20.3. The van der Waals surface area contributed by atoms with E-state index in [0.717, 1.165) is 118 Å². The summed E-state index contributed by atoms with van der Waals surface area (Å²) in [6.07, 6.45) is 28.7. The second kappa shape index (κ2) is 42.6. The normalized spacial score (nSPS) is 14.4. The maximum absolute atomic E-state index is 12.9. The predicted molar refractivity (Wildman–Crippen MR) is 510 cm³/mol. The average molecular weight is 1690 g/mol. The van der Waals surface area contributed by atoms with Gasteiger partial charge in [0.05, 0.1) is 49.1 Å². The van der Waals surface area contributed by atoms with Crippen LogP contribution in [0.15, 0.2) is 152 Å². The van der Waals surface area contributed by atoms with Crippen LogP contribution in [0.2, 0.25) is 0 Å². The van der Waals surface area contributed by atoms with Gasteiger partial charge in [-0.05, 0) is 356 Å². The lowest BCUT2D eigenvalue weighted by atomic mass is 9.87. The van der Waals surface area contributed by atoms with Crippen LogP contribution in [0.1, 0.15) is 322 Å². The van der Waals surface area contributed by atoms with Gasteiger partial charge < -0.3 is 45.9 Å². The number of fused-ring (bicyclic) bond motifs is 5. The minimum atomic E-state index is -0.256. The summed E-state index contributed by atoms with van der Waals surface area (Å²) in [5.41, 5.74) is 24.2. The molecule has 0 fully saturated rings. The monoisotopic (exact) mass is 1690 g/mol. The molecule has 10 aromatic rings. The van der Waals surface area contributed by atoms with Crippen molar-refractivity contribution in [1.29, 1.82) is 0 Å². The molecule has 5 aliphatic rings. The number of methoxy groups -OCH3 is 3. The van der Waals surface area contributed by atoms with Crippen molar-refractivity contribution in [3.05, 3.63) is 263 Å². The smallest absolute Gasteiger partial charge is 0.260 e. The second-order valence-electron chi connectivity index (χ2n) is 38.4. The lowest BCUT2D eigenvalue weighted by Crippen LogP contribution is -2.24. The largest absolute Gasteiger partial charge is 0.507 e. The molecule has 0 aliphatic heterocycles. The Balaban J connectivity index is 0.000000152. The first-order chi connectivity index (χ1) is 59.6. The fourth-order valence-corrected chi connectivity index (χ4v) is 17.3. The molecule has 2 aromatic heterocycles. The van der Waals surface area contributed by atoms with Gasteiger partial charge in [-0.25, -0.2) is 0 Å². The zero-order valence-corrected chi connectivity index (χ0v) is 77.8. The van der Waals surface area contributed by atoms with Gasteiger partial charge in [-0.3, -0.25) is 33.3 Å². The molecule has 0 radical (unpaired) electrons. The number of phenolic OH excluding ortho intramolecular Hbond substituents is 1. The Hall–Kier alpha value is -11.3. The Morgan fingerprint density at radius 3 is 0.936 bits per heavy atom. The summed E-state index contributed by atoms with van der Waals surface area (Å²) in [6.45, 7) is 32.7. The number of carbonyl (C=O) groups excluding carboxylic acids is 5. The van der Waals surface area contributed by atoms with E-state index in [-0.39, 0.29) is 57.1 Å². The van der Waals surface area contributed by atoms with Gasteiger partial charge in [0, 0.05) is 52.7 Å². The van der Waals surface area contributed by atoms with Crippen LogP contribution in [-0.4, -0.2) is 75.5 Å². The third-order valence-corrected chi connectivity index (χ3v) is 24.6. The van der Waals surface area contributed by atoms with Gasteiger partial charge in [0.2, 0.25) is 0 Å². The maximum Gasteiger partial charge on any atom is 0.260 e. The Morgan fingerprint density at radius 2 is 0.616 bits per heavy atom. The highest BCUT2D eigenvalue weighted by Crippen LogP contribution is 2.37. The van der Waals surface area contributed by atoms with Crippen molar-refractivity contribution in [2.75, 3.05) is 47.9 Å². The number of hydrogen-bond donors (Lipinski definition) is 6. The number of anilines is 5. The number of benzene rings is 8. The summed E-state index contributed by atoms with van der Waals surface area (Å²) in [7, 11) is 4.87. The summed E-state index contributed by atoms with van der Waals surface area (Å²) in [5.74, 6) is 2.42. The number of amides is 5. The van der Waals surface area contributed by atoms with Crippen LogP contribution in [0.4, 0.5) is 28.7 Å². The van der Waals surface area contributed by atoms with Gasteiger partial charge >= 0.3 is 0 Å². The molecular weight excluding hydrogens is 1560 g/mol. The molecule has 5 amide bonds. The topological polar surface area (TPSA) is 229 Å². The van der Waals surface area contributed by atoms with E-state index in [2.05, 4.69) is 162 Å². The summed E-state index contributed by atoms with van der Waals surface area (Å²) in [4.78, 5) is 63.7. The number of nitrogens with one attached hydrogen (secondary N) is 5. The summed E-state index contributed by atoms with van der Waals surface area (Å²) in [6, 6.07) is 49.9. The Labute approximate surface area is 743 Å². The minimum absolute atomic E-state index is 0.0226. The van der Waals surface area contributed by atoms with Crippen molar-refractivity contribution >= 4 is 58.2 Å². The molecule has 5 aliphatic carbocycles. The molecule has 18 heteroatoms. The van der Waals surface area contributed by atoms with E-state index < -0.39 is 0 Å². The van der Waals surface area contributed by atoms with Crippen LogP contribution < -0.4 is 40.8 Å². The van der Waals surface area contributed by atoms with E-state index >= 15 is 0 Å². The standard InChI is InChI=1S/C23H29NO2.C22H27NO2.C22H27NO.C21H29N3O2.C19H25N3O2/c1-23(2,3)18-10-12-19(13-11-18)24-22(25)20-14-16-8-6-5-7-9-17(16)15-21(20)26-4;1-22(2,3)17-9-11-18(12-10-17)23-21(25)19-13-15-7-5-4-6-8-16(15)14-20(19)24;1-22(2,3)19-11-13-20(14-12-19)23-21(24)18-10-9-16-7-5-4-6-8-17(16)15-18;1-14-11-19(23-24(14)21(2,3)4)22-20(25)17-12-15-9-7-6-8-10-16(15)13-18(17)26-5;1-4-22-13(2)10-18(21-22)20-19(23)16-11-14-8-6-5-7-9-15(14)12-17(16)24-3/h10-15H,5-9H2,1-4H3,(H,24,25);9-14,24H,4-8H2,1-3H3,(H,23,25);9-15H,4-8H2,1-3H3,(H,23,24);11-13H,6-10H2,1-5H3,(H,22,23,25);10-12H,4-9H2,1-3H3,(H,20,21,23). The number of nitrogens with zero attached hydrogens (tertiary/aromatic N) is 4. The van der Waals surface area contributed by atoms with Gasteiger partial charge in [0.1, 0.15) is 23.0 Å². The molecule has 0 saturated carbocycles. The van der Waals surface area contributed by atoms with Crippen LogP contribution >= 0.6 is 0 Å². The number of aromatic hydroxyl groups is 1. The first-order valence-corrected chi connectivity index (χ1v) is 45.6. The van der Waals surface area contributed by atoms with Gasteiger partial charge in [-0.1, -0.05) is 137 Å². The van der Waals surface area contributed by atoms with E-state index in [0.29, 0.717) is 51.1 Å². The molecule has 2 heterocycles. The van der Waals surface area contributed by atoms with E-state index in [1.54, 1.807) is 27.4 Å². The SMILES string of the molecule is CC(C)(C)c1ccc(NC(=O)c2cc3c(cc2O)CCCCC3)cc1.CC(C)(C)c1ccc(NC(=O)c2ccc3c(c2)CCCCC3)cc1.CCn1nc(NC(=O)c2cc3c(cc2OC)CCCCC3)cc1C.COc1cc2c(cc1C(=O)Nc1cc(C)n(C(C)(C)C)n1)CCCCC2.COc1cc2c(cc1C(=O)Nc1ccc(C(C)(C)C)cc1)CCCCC2. The average Bonchev–Trinajstić information content (AvgIpc) is 1.79. The van der Waals surface area contributed by atoms with E-state index in [9.17, 15) is 29.1 Å². The van der Waals surface area contributed by atoms with Crippen molar-refractivity contribution in [1.82, 2.24) is 19.6 Å². The molecule has 18 nitrogen and oxygen atoms in total. The van der Waals surface area contributed by atoms with Crippen molar-refractivity contribution in [2.45, 2.75) is 293 Å². The number of aromatic nitrogens is 4. The predicted octanol–water partition coefficient (Wildman–Crippen LogP) is 24.4. The lowest BCUT2D eigenvalue weighted by molar-refractivity contribution is 0.101. The van der Waals surface area contributed by atoms with Crippen molar-refractivity contribution in [2.24, 2.45) is 0 Å². The van der Waals surface area contributed by atoms with Crippen molar-refractivity contribution in [3.63, 3.8) is 0 Å². The fourth-order valence-electron chi connectivity index (χ4n) is 17.3. The summed E-state index contributed by atoms with van der Waals surface area (Å²) >= 11 is 0. The Morgan fingerprint density at radius 1 is 0.328 bits per heavy atom.